The smallest absolute Gasteiger partial charge is 0.150 e. The summed E-state index contributed by atoms with van der Waals surface area (Å²) in [5.74, 6) is -1.29. The van der Waals surface area contributed by atoms with Crippen LogP contribution in [-0.2, 0) is 6.42 Å². The molecule has 0 amide bonds. The summed E-state index contributed by atoms with van der Waals surface area (Å²) < 4.78 is 27.6. The highest BCUT2D eigenvalue weighted by Gasteiger charge is 2.12. The lowest BCUT2D eigenvalue weighted by atomic mass is 10.1. The summed E-state index contributed by atoms with van der Waals surface area (Å²) in [6.07, 6.45) is 0.566. The van der Waals surface area contributed by atoms with Gasteiger partial charge in [-0.15, -0.1) is 0 Å². The van der Waals surface area contributed by atoms with Gasteiger partial charge < -0.3 is 16.2 Å². The maximum atomic E-state index is 13.8. The average Bonchev–Trinajstić information content (AvgIpc) is 2.43. The molecule has 0 aliphatic carbocycles. The molecule has 0 fully saturated rings. The lowest BCUT2D eigenvalue weighted by molar-refractivity contribution is 0.475. The Bertz CT molecular complexity index is 636. The second-order valence-electron chi connectivity index (χ2n) is 4.52. The van der Waals surface area contributed by atoms with Crippen LogP contribution in [-0.4, -0.2) is 16.6 Å². The lowest BCUT2D eigenvalue weighted by Crippen LogP contribution is -2.13. The van der Waals surface area contributed by atoms with E-state index in [1.54, 1.807) is 24.3 Å². The Kier molecular flexibility index (Phi) is 4.70. The molecule has 110 valence electrons. The SMILES string of the molecule is NC(=S)c1cc(F)c(NCCc2ccc(O)cc2)c(F)c1. The summed E-state index contributed by atoms with van der Waals surface area (Å²) in [4.78, 5) is -0.0524. The third-order valence-electron chi connectivity index (χ3n) is 2.98. The van der Waals surface area contributed by atoms with Gasteiger partial charge in [-0.1, -0.05) is 24.4 Å². The highest BCUT2D eigenvalue weighted by molar-refractivity contribution is 7.80. The van der Waals surface area contributed by atoms with E-state index < -0.39 is 11.6 Å². The highest BCUT2D eigenvalue weighted by Crippen LogP contribution is 2.21. The monoisotopic (exact) mass is 308 g/mol. The molecule has 0 atom stereocenters. The highest BCUT2D eigenvalue weighted by atomic mass is 32.1. The van der Waals surface area contributed by atoms with E-state index in [9.17, 15) is 8.78 Å². The molecule has 0 heterocycles. The van der Waals surface area contributed by atoms with Crippen molar-refractivity contribution >= 4 is 22.9 Å². The van der Waals surface area contributed by atoms with Gasteiger partial charge in [0.25, 0.3) is 0 Å². The number of hydrogen-bond donors (Lipinski definition) is 3. The first-order chi connectivity index (χ1) is 9.97. The standard InChI is InChI=1S/C15H14F2N2OS/c16-12-7-10(15(18)21)8-13(17)14(12)19-6-5-9-1-3-11(20)4-2-9/h1-4,7-8,19-20H,5-6H2,(H2,18,21). The number of nitrogens with two attached hydrogens (primary N) is 1. The number of anilines is 1. The first-order valence-electron chi connectivity index (χ1n) is 6.28. The average molecular weight is 308 g/mol. The van der Waals surface area contributed by atoms with Crippen LogP contribution in [0.1, 0.15) is 11.1 Å². The quantitative estimate of drug-likeness (QED) is 0.743. The topological polar surface area (TPSA) is 58.3 Å². The van der Waals surface area contributed by atoms with Crippen molar-refractivity contribution in [1.82, 2.24) is 0 Å². The zero-order valence-corrected chi connectivity index (χ0v) is 11.9. The van der Waals surface area contributed by atoms with Gasteiger partial charge in [0.1, 0.15) is 28.1 Å². The first kappa shape index (κ1) is 15.2. The second kappa shape index (κ2) is 6.49. The number of nitrogens with one attached hydrogen (secondary N) is 1. The number of aromatic hydroxyl groups is 1. The Labute approximate surface area is 126 Å². The van der Waals surface area contributed by atoms with Crippen molar-refractivity contribution in [3.63, 3.8) is 0 Å². The minimum atomic E-state index is -0.733. The zero-order valence-electron chi connectivity index (χ0n) is 11.1. The van der Waals surface area contributed by atoms with Crippen molar-refractivity contribution in [2.24, 2.45) is 5.73 Å². The van der Waals surface area contributed by atoms with Gasteiger partial charge in [0, 0.05) is 12.1 Å². The van der Waals surface area contributed by atoms with Crippen LogP contribution in [0.15, 0.2) is 36.4 Å². The fourth-order valence-electron chi connectivity index (χ4n) is 1.88. The van der Waals surface area contributed by atoms with Crippen LogP contribution in [0.25, 0.3) is 0 Å². The van der Waals surface area contributed by atoms with Gasteiger partial charge in [-0.2, -0.15) is 0 Å². The predicted molar refractivity (Wildman–Crippen MR) is 82.5 cm³/mol. The van der Waals surface area contributed by atoms with Crippen molar-refractivity contribution in [3.8, 4) is 5.75 Å². The molecular weight excluding hydrogens is 294 g/mol. The summed E-state index contributed by atoms with van der Waals surface area (Å²) in [5, 5.41) is 11.9. The Morgan fingerprint density at radius 1 is 1.14 bits per heavy atom. The van der Waals surface area contributed by atoms with Crippen molar-refractivity contribution < 1.29 is 13.9 Å². The number of thiocarbonyl (C=S) groups is 1. The van der Waals surface area contributed by atoms with E-state index in [-0.39, 0.29) is 22.0 Å². The summed E-state index contributed by atoms with van der Waals surface area (Å²) in [6, 6.07) is 8.84. The molecule has 3 nitrogen and oxygen atoms in total. The summed E-state index contributed by atoms with van der Waals surface area (Å²) >= 11 is 4.69. The van der Waals surface area contributed by atoms with Crippen LogP contribution in [0.5, 0.6) is 5.75 Å². The van der Waals surface area contributed by atoms with E-state index in [4.69, 9.17) is 23.1 Å². The lowest BCUT2D eigenvalue weighted by Gasteiger charge is -2.10. The molecule has 0 saturated heterocycles. The molecule has 6 heteroatoms. The third-order valence-corrected chi connectivity index (χ3v) is 3.21. The van der Waals surface area contributed by atoms with Crippen LogP contribution >= 0.6 is 12.2 Å². The van der Waals surface area contributed by atoms with Gasteiger partial charge in [0.05, 0.1) is 0 Å². The normalized spacial score (nSPS) is 10.4. The number of halogens is 2. The van der Waals surface area contributed by atoms with Crippen LogP contribution in [0.2, 0.25) is 0 Å². The molecule has 4 N–H and O–H groups in total. The Morgan fingerprint density at radius 2 is 1.71 bits per heavy atom. The third kappa shape index (κ3) is 3.88. The van der Waals surface area contributed by atoms with E-state index in [0.29, 0.717) is 13.0 Å². The van der Waals surface area contributed by atoms with Gasteiger partial charge in [-0.05, 0) is 36.2 Å². The number of rotatable bonds is 5. The molecular formula is C15H14F2N2OS. The van der Waals surface area contributed by atoms with Crippen LogP contribution in [0, 0.1) is 11.6 Å². The van der Waals surface area contributed by atoms with Crippen molar-refractivity contribution in [2.45, 2.75) is 6.42 Å². The van der Waals surface area contributed by atoms with Crippen LogP contribution in [0.3, 0.4) is 0 Å². The first-order valence-corrected chi connectivity index (χ1v) is 6.69. The van der Waals surface area contributed by atoms with Crippen molar-refractivity contribution in [3.05, 3.63) is 59.2 Å². The van der Waals surface area contributed by atoms with E-state index in [1.807, 2.05) is 0 Å². The Balaban J connectivity index is 2.03. The minimum absolute atomic E-state index is 0.0524. The molecule has 0 bridgehead atoms. The molecule has 0 unspecified atom stereocenters. The van der Waals surface area contributed by atoms with Gasteiger partial charge in [-0.3, -0.25) is 0 Å². The number of phenolic OH excluding ortho intramolecular Hbond substituents is 1. The van der Waals surface area contributed by atoms with Crippen molar-refractivity contribution in [1.29, 1.82) is 0 Å². The number of benzene rings is 2. The van der Waals surface area contributed by atoms with E-state index >= 15 is 0 Å². The molecule has 0 spiro atoms. The fourth-order valence-corrected chi connectivity index (χ4v) is 2.00. The Morgan fingerprint density at radius 3 is 2.24 bits per heavy atom. The largest absolute Gasteiger partial charge is 0.508 e. The minimum Gasteiger partial charge on any atom is -0.508 e. The zero-order chi connectivity index (χ0) is 15.4. The van der Waals surface area contributed by atoms with Gasteiger partial charge in [0.15, 0.2) is 0 Å². The van der Waals surface area contributed by atoms with Crippen LogP contribution in [0.4, 0.5) is 14.5 Å². The summed E-state index contributed by atoms with van der Waals surface area (Å²) in [6.45, 7) is 0.352. The molecule has 0 aromatic heterocycles. The van der Waals surface area contributed by atoms with E-state index in [0.717, 1.165) is 17.7 Å². The second-order valence-corrected chi connectivity index (χ2v) is 4.96. The summed E-state index contributed by atoms with van der Waals surface area (Å²) in [5.41, 5.74) is 6.25. The maximum absolute atomic E-state index is 13.8. The van der Waals surface area contributed by atoms with E-state index in [2.05, 4.69) is 5.32 Å². The molecule has 2 aromatic carbocycles. The molecule has 0 aliphatic heterocycles. The van der Waals surface area contributed by atoms with Gasteiger partial charge >= 0.3 is 0 Å². The predicted octanol–water partition coefficient (Wildman–Crippen LogP) is 2.96. The summed E-state index contributed by atoms with van der Waals surface area (Å²) in [7, 11) is 0. The van der Waals surface area contributed by atoms with E-state index in [1.165, 1.54) is 0 Å². The van der Waals surface area contributed by atoms with Gasteiger partial charge in [-0.25, -0.2) is 8.78 Å². The number of hydrogen-bond acceptors (Lipinski definition) is 3. The fraction of sp³-hybridized carbons (Fsp3) is 0.133. The molecule has 0 saturated carbocycles. The molecule has 2 rings (SSSR count). The molecule has 0 aliphatic rings. The Hall–Kier alpha value is -2.21. The van der Waals surface area contributed by atoms with Gasteiger partial charge in [0.2, 0.25) is 0 Å². The van der Waals surface area contributed by atoms with Crippen LogP contribution < -0.4 is 11.1 Å². The number of phenols is 1. The van der Waals surface area contributed by atoms with Crippen molar-refractivity contribution in [2.75, 3.05) is 11.9 Å². The molecule has 21 heavy (non-hydrogen) atoms. The maximum Gasteiger partial charge on any atom is 0.150 e. The molecule has 0 radical (unpaired) electrons. The molecule has 2 aromatic rings.